The van der Waals surface area contributed by atoms with Gasteiger partial charge in [-0.15, -0.1) is 0 Å². The van der Waals surface area contributed by atoms with E-state index in [1.807, 2.05) is 13.0 Å². The van der Waals surface area contributed by atoms with Gasteiger partial charge in [0.1, 0.15) is 0 Å². The molecule has 1 rings (SSSR count). The van der Waals surface area contributed by atoms with Crippen LogP contribution < -0.4 is 11.1 Å². The zero-order valence-corrected chi connectivity index (χ0v) is 12.7. The zero-order valence-electron chi connectivity index (χ0n) is 12.7. The van der Waals surface area contributed by atoms with E-state index >= 15 is 0 Å². The third kappa shape index (κ3) is 4.93. The number of benzene rings is 1. The summed E-state index contributed by atoms with van der Waals surface area (Å²) < 4.78 is 0. The summed E-state index contributed by atoms with van der Waals surface area (Å²) in [4.78, 5) is 25.0. The molecule has 112 valence electrons. The zero-order chi connectivity index (χ0) is 15.8. The molecule has 0 radical (unpaired) electrons. The summed E-state index contributed by atoms with van der Waals surface area (Å²) in [5.74, 6) is 5.53. The minimum absolute atomic E-state index is 0.0898. The van der Waals surface area contributed by atoms with E-state index in [1.54, 1.807) is 26.2 Å². The van der Waals surface area contributed by atoms with Gasteiger partial charge in [0.2, 0.25) is 5.91 Å². The molecule has 0 saturated heterocycles. The molecule has 1 aromatic carbocycles. The highest BCUT2D eigenvalue weighted by atomic mass is 16.2. The maximum absolute atomic E-state index is 12.3. The van der Waals surface area contributed by atoms with Gasteiger partial charge in [0.15, 0.2) is 0 Å². The number of rotatable bonds is 4. The minimum Gasteiger partial charge on any atom is -0.359 e. The maximum atomic E-state index is 12.3. The van der Waals surface area contributed by atoms with Crippen LogP contribution in [-0.4, -0.2) is 43.9 Å². The fraction of sp³-hybridized carbons (Fsp3) is 0.375. The van der Waals surface area contributed by atoms with Crippen LogP contribution in [0.15, 0.2) is 18.2 Å². The van der Waals surface area contributed by atoms with Crippen LogP contribution in [0, 0.1) is 18.8 Å². The van der Waals surface area contributed by atoms with Crippen molar-refractivity contribution in [3.63, 3.8) is 0 Å². The molecule has 0 fully saturated rings. The van der Waals surface area contributed by atoms with Crippen molar-refractivity contribution in [3.8, 4) is 11.8 Å². The van der Waals surface area contributed by atoms with E-state index in [1.165, 1.54) is 4.90 Å². The van der Waals surface area contributed by atoms with E-state index in [-0.39, 0.29) is 24.8 Å². The number of aryl methyl sites for hydroxylation is 1. The molecule has 5 heteroatoms. The fourth-order valence-corrected chi connectivity index (χ4v) is 1.75. The van der Waals surface area contributed by atoms with Gasteiger partial charge in [0, 0.05) is 38.2 Å². The first-order valence-corrected chi connectivity index (χ1v) is 6.75. The second kappa shape index (κ2) is 8.08. The van der Waals surface area contributed by atoms with Crippen molar-refractivity contribution in [2.24, 2.45) is 5.73 Å². The number of nitrogens with zero attached hydrogens (tertiary/aromatic N) is 1. The van der Waals surface area contributed by atoms with Gasteiger partial charge in [-0.3, -0.25) is 9.59 Å². The van der Waals surface area contributed by atoms with Gasteiger partial charge >= 0.3 is 0 Å². The highest BCUT2D eigenvalue weighted by Gasteiger charge is 2.13. The molecule has 21 heavy (non-hydrogen) atoms. The van der Waals surface area contributed by atoms with Crippen LogP contribution in [0.2, 0.25) is 0 Å². The van der Waals surface area contributed by atoms with E-state index in [0.717, 1.165) is 11.1 Å². The number of hydrogen-bond acceptors (Lipinski definition) is 3. The van der Waals surface area contributed by atoms with E-state index in [2.05, 4.69) is 17.2 Å². The molecule has 3 N–H and O–H groups in total. The standard InChI is InChI=1S/C16H21N3O2/c1-12-6-7-14(11-13(12)5-4-9-17)16(21)19(3)10-8-15(20)18-2/h6-7,11H,8-10,17H2,1-3H3,(H,18,20). The Morgan fingerprint density at radius 1 is 1.38 bits per heavy atom. The highest BCUT2D eigenvalue weighted by Crippen LogP contribution is 2.12. The normalized spacial score (nSPS) is 9.52. The Hall–Kier alpha value is -2.32. The summed E-state index contributed by atoms with van der Waals surface area (Å²) in [5.41, 5.74) is 7.72. The van der Waals surface area contributed by atoms with Gasteiger partial charge in [-0.25, -0.2) is 0 Å². The van der Waals surface area contributed by atoms with Crippen LogP contribution in [0.1, 0.15) is 27.9 Å². The van der Waals surface area contributed by atoms with Gasteiger partial charge in [-0.1, -0.05) is 17.9 Å². The Labute approximate surface area is 125 Å². The van der Waals surface area contributed by atoms with E-state index in [9.17, 15) is 9.59 Å². The molecule has 0 aliphatic carbocycles. The van der Waals surface area contributed by atoms with E-state index in [0.29, 0.717) is 12.1 Å². The van der Waals surface area contributed by atoms with E-state index < -0.39 is 0 Å². The lowest BCUT2D eigenvalue weighted by molar-refractivity contribution is -0.120. The molecule has 0 heterocycles. The smallest absolute Gasteiger partial charge is 0.253 e. The lowest BCUT2D eigenvalue weighted by Gasteiger charge is -2.17. The number of nitrogens with two attached hydrogens (primary N) is 1. The Kier molecular flexibility index (Phi) is 6.44. The molecular formula is C16H21N3O2. The van der Waals surface area contributed by atoms with Crippen LogP contribution >= 0.6 is 0 Å². The molecule has 0 aliphatic rings. The quantitative estimate of drug-likeness (QED) is 0.792. The minimum atomic E-state index is -0.130. The lowest BCUT2D eigenvalue weighted by atomic mass is 10.0. The molecule has 0 aliphatic heterocycles. The van der Waals surface area contributed by atoms with Gasteiger partial charge in [0.05, 0.1) is 6.54 Å². The van der Waals surface area contributed by atoms with Crippen molar-refractivity contribution in [1.82, 2.24) is 10.2 Å². The van der Waals surface area contributed by atoms with Gasteiger partial charge in [-0.2, -0.15) is 0 Å². The Balaban J connectivity index is 2.84. The number of amides is 2. The number of hydrogen-bond donors (Lipinski definition) is 2. The highest BCUT2D eigenvalue weighted by molar-refractivity contribution is 5.94. The topological polar surface area (TPSA) is 75.4 Å². The average Bonchev–Trinajstić information content (AvgIpc) is 2.50. The van der Waals surface area contributed by atoms with Crippen molar-refractivity contribution in [3.05, 3.63) is 34.9 Å². The summed E-state index contributed by atoms with van der Waals surface area (Å²) in [6.07, 6.45) is 0.282. The molecule has 1 aromatic rings. The number of carbonyl (C=O) groups is 2. The Morgan fingerprint density at radius 3 is 2.71 bits per heavy atom. The van der Waals surface area contributed by atoms with Crippen molar-refractivity contribution < 1.29 is 9.59 Å². The summed E-state index contributed by atoms with van der Waals surface area (Å²) in [7, 11) is 3.25. The monoisotopic (exact) mass is 287 g/mol. The summed E-state index contributed by atoms with van der Waals surface area (Å²) in [6.45, 7) is 2.59. The van der Waals surface area contributed by atoms with E-state index in [4.69, 9.17) is 5.73 Å². The third-order valence-corrected chi connectivity index (χ3v) is 3.11. The van der Waals surface area contributed by atoms with Crippen molar-refractivity contribution in [2.75, 3.05) is 27.2 Å². The summed E-state index contributed by atoms with van der Waals surface area (Å²) in [5, 5.41) is 2.53. The molecule has 0 spiro atoms. The first kappa shape index (κ1) is 16.7. The molecular weight excluding hydrogens is 266 g/mol. The number of carbonyl (C=O) groups excluding carboxylic acids is 2. The van der Waals surface area contributed by atoms with Crippen molar-refractivity contribution >= 4 is 11.8 Å². The molecule has 0 unspecified atom stereocenters. The first-order chi connectivity index (χ1) is 9.99. The predicted molar refractivity (Wildman–Crippen MR) is 82.8 cm³/mol. The summed E-state index contributed by atoms with van der Waals surface area (Å²) in [6, 6.07) is 5.39. The van der Waals surface area contributed by atoms with Crippen molar-refractivity contribution in [1.29, 1.82) is 0 Å². The third-order valence-electron chi connectivity index (χ3n) is 3.11. The molecule has 0 bridgehead atoms. The van der Waals surface area contributed by atoms with Crippen LogP contribution in [0.25, 0.3) is 0 Å². The number of nitrogens with one attached hydrogen (secondary N) is 1. The van der Waals surface area contributed by atoms with Crippen LogP contribution in [0.4, 0.5) is 0 Å². The van der Waals surface area contributed by atoms with Crippen LogP contribution in [0.3, 0.4) is 0 Å². The molecule has 0 saturated carbocycles. The Bertz CT molecular complexity index is 585. The first-order valence-electron chi connectivity index (χ1n) is 6.75. The SMILES string of the molecule is CNC(=O)CCN(C)C(=O)c1ccc(C)c(C#CCN)c1. The maximum Gasteiger partial charge on any atom is 0.253 e. The molecule has 2 amide bonds. The Morgan fingerprint density at radius 2 is 2.10 bits per heavy atom. The fourth-order valence-electron chi connectivity index (χ4n) is 1.75. The van der Waals surface area contributed by atoms with Crippen molar-refractivity contribution in [2.45, 2.75) is 13.3 Å². The van der Waals surface area contributed by atoms with Crippen LogP contribution in [-0.2, 0) is 4.79 Å². The largest absolute Gasteiger partial charge is 0.359 e. The van der Waals surface area contributed by atoms with Gasteiger partial charge in [0.25, 0.3) is 5.91 Å². The van der Waals surface area contributed by atoms with Gasteiger partial charge < -0.3 is 16.0 Å². The molecule has 0 aromatic heterocycles. The van der Waals surface area contributed by atoms with Gasteiger partial charge in [-0.05, 0) is 24.6 Å². The lowest BCUT2D eigenvalue weighted by Crippen LogP contribution is -2.31. The average molecular weight is 287 g/mol. The second-order valence-electron chi connectivity index (χ2n) is 4.69. The second-order valence-corrected chi connectivity index (χ2v) is 4.69. The molecule has 0 atom stereocenters. The molecule has 5 nitrogen and oxygen atoms in total. The summed E-state index contributed by atoms with van der Waals surface area (Å²) >= 11 is 0. The predicted octanol–water partition coefficient (Wildman–Crippen LogP) is 0.513. The van der Waals surface area contributed by atoms with Crippen LogP contribution in [0.5, 0.6) is 0 Å².